The molecule has 0 spiro atoms. The first-order chi connectivity index (χ1) is 8.34. The second-order valence-electron chi connectivity index (χ2n) is 4.01. The van der Waals surface area contributed by atoms with Gasteiger partial charge in [0.1, 0.15) is 5.75 Å². The topological polar surface area (TPSA) is 35.2 Å². The van der Waals surface area contributed by atoms with Gasteiger partial charge in [0.2, 0.25) is 0 Å². The zero-order valence-electron chi connectivity index (χ0n) is 10.2. The van der Waals surface area contributed by atoms with Crippen LogP contribution in [0.15, 0.2) is 54.6 Å². The molecular formula is C15H17ClNO-. The number of hydrogen-bond donors (Lipinski definition) is 1. The van der Waals surface area contributed by atoms with Gasteiger partial charge in [0.05, 0.1) is 6.61 Å². The highest BCUT2D eigenvalue weighted by Gasteiger charge is 1.95. The Kier molecular flexibility index (Phi) is 6.09. The van der Waals surface area contributed by atoms with E-state index < -0.39 is 0 Å². The lowest BCUT2D eigenvalue weighted by Crippen LogP contribution is -3.00. The second-order valence-corrected chi connectivity index (χ2v) is 4.01. The lowest BCUT2D eigenvalue weighted by molar-refractivity contribution is -0.00000396. The number of aryl methyl sites for hydroxylation is 1. The molecule has 2 aromatic rings. The van der Waals surface area contributed by atoms with Crippen molar-refractivity contribution in [2.45, 2.75) is 12.8 Å². The number of rotatable bonds is 5. The predicted molar refractivity (Wildman–Crippen MR) is 71.1 cm³/mol. The van der Waals surface area contributed by atoms with Gasteiger partial charge in [-0.2, -0.15) is 0 Å². The molecule has 0 saturated carbocycles. The molecular weight excluding hydrogens is 246 g/mol. The van der Waals surface area contributed by atoms with Crippen molar-refractivity contribution in [3.63, 3.8) is 0 Å². The Hall–Kier alpha value is -1.67. The van der Waals surface area contributed by atoms with E-state index in [9.17, 15) is 0 Å². The van der Waals surface area contributed by atoms with Gasteiger partial charge in [-0.1, -0.05) is 36.4 Å². The quantitative estimate of drug-likeness (QED) is 0.621. The van der Waals surface area contributed by atoms with Crippen molar-refractivity contribution in [1.29, 1.82) is 0 Å². The summed E-state index contributed by atoms with van der Waals surface area (Å²) in [7, 11) is 0. The third kappa shape index (κ3) is 4.68. The molecule has 2 nitrogen and oxygen atoms in total. The monoisotopic (exact) mass is 262 g/mol. The zero-order chi connectivity index (χ0) is 11.9. The highest BCUT2D eigenvalue weighted by atomic mass is 35.5. The summed E-state index contributed by atoms with van der Waals surface area (Å²) in [5, 5.41) is 0. The molecule has 3 heteroatoms. The normalized spacial score (nSPS) is 9.56. The van der Waals surface area contributed by atoms with E-state index in [1.165, 1.54) is 5.56 Å². The van der Waals surface area contributed by atoms with Crippen LogP contribution in [0.4, 0.5) is 5.69 Å². The molecule has 0 fully saturated rings. The molecule has 96 valence electrons. The van der Waals surface area contributed by atoms with Crippen LogP contribution in [0.2, 0.25) is 0 Å². The van der Waals surface area contributed by atoms with E-state index in [2.05, 4.69) is 24.3 Å². The fourth-order valence-corrected chi connectivity index (χ4v) is 1.72. The van der Waals surface area contributed by atoms with Crippen LogP contribution in [0.5, 0.6) is 5.75 Å². The first-order valence-corrected chi connectivity index (χ1v) is 5.87. The summed E-state index contributed by atoms with van der Waals surface area (Å²) in [4.78, 5) is 0. The molecule has 0 unspecified atom stereocenters. The van der Waals surface area contributed by atoms with Crippen LogP contribution >= 0.6 is 0 Å². The molecule has 0 aromatic heterocycles. The van der Waals surface area contributed by atoms with E-state index in [4.69, 9.17) is 10.5 Å². The SMILES string of the molecule is Nc1cccc(OCCCc2ccccc2)c1.[Cl-]. The minimum Gasteiger partial charge on any atom is -1.00 e. The highest BCUT2D eigenvalue weighted by Crippen LogP contribution is 2.14. The first-order valence-electron chi connectivity index (χ1n) is 5.87. The maximum atomic E-state index is 5.67. The van der Waals surface area contributed by atoms with E-state index in [1.807, 2.05) is 30.3 Å². The molecule has 2 N–H and O–H groups in total. The minimum absolute atomic E-state index is 0. The van der Waals surface area contributed by atoms with Crippen LogP contribution in [0.1, 0.15) is 12.0 Å². The van der Waals surface area contributed by atoms with Crippen LogP contribution in [-0.4, -0.2) is 6.61 Å². The molecule has 0 atom stereocenters. The number of benzene rings is 2. The smallest absolute Gasteiger partial charge is 0.121 e. The molecule has 2 rings (SSSR count). The molecule has 0 aliphatic rings. The van der Waals surface area contributed by atoms with Crippen molar-refractivity contribution < 1.29 is 17.1 Å². The van der Waals surface area contributed by atoms with Gasteiger partial charge in [0.25, 0.3) is 0 Å². The summed E-state index contributed by atoms with van der Waals surface area (Å²) >= 11 is 0. The van der Waals surface area contributed by atoms with Crippen molar-refractivity contribution in [3.8, 4) is 5.75 Å². The fraction of sp³-hybridized carbons (Fsp3) is 0.200. The standard InChI is InChI=1S/C15H17NO.ClH/c16-14-9-4-10-15(12-14)17-11-5-8-13-6-2-1-3-7-13;/h1-4,6-7,9-10,12H,5,8,11,16H2;1H/p-1. The molecule has 0 bridgehead atoms. The zero-order valence-corrected chi connectivity index (χ0v) is 10.9. The van der Waals surface area contributed by atoms with Crippen molar-refractivity contribution >= 4 is 5.69 Å². The van der Waals surface area contributed by atoms with E-state index in [0.717, 1.165) is 30.9 Å². The van der Waals surface area contributed by atoms with Gasteiger partial charge in [-0.05, 0) is 30.5 Å². The average Bonchev–Trinajstić information content (AvgIpc) is 2.36. The molecule has 0 aliphatic heterocycles. The summed E-state index contributed by atoms with van der Waals surface area (Å²) in [6.07, 6.45) is 2.06. The third-order valence-electron chi connectivity index (χ3n) is 2.58. The Morgan fingerprint density at radius 2 is 1.72 bits per heavy atom. The molecule has 18 heavy (non-hydrogen) atoms. The molecule has 0 heterocycles. The summed E-state index contributed by atoms with van der Waals surface area (Å²) in [5.74, 6) is 0.845. The first kappa shape index (κ1) is 14.4. The molecule has 0 amide bonds. The summed E-state index contributed by atoms with van der Waals surface area (Å²) in [6, 6.07) is 18.0. The highest BCUT2D eigenvalue weighted by molar-refractivity contribution is 5.43. The Labute approximate surface area is 114 Å². The summed E-state index contributed by atoms with van der Waals surface area (Å²) in [6.45, 7) is 0.721. The Bertz CT molecular complexity index is 459. The van der Waals surface area contributed by atoms with E-state index >= 15 is 0 Å². The van der Waals surface area contributed by atoms with Crippen LogP contribution in [0, 0.1) is 0 Å². The van der Waals surface area contributed by atoms with Gasteiger partial charge < -0.3 is 22.9 Å². The Morgan fingerprint density at radius 3 is 2.44 bits per heavy atom. The maximum absolute atomic E-state index is 5.67. The molecule has 0 radical (unpaired) electrons. The molecule has 2 aromatic carbocycles. The number of nitrogens with two attached hydrogens (primary N) is 1. The molecule has 0 saturated heterocycles. The number of ether oxygens (including phenoxy) is 1. The summed E-state index contributed by atoms with van der Waals surface area (Å²) in [5.41, 5.74) is 7.77. The number of halogens is 1. The van der Waals surface area contributed by atoms with Gasteiger partial charge in [-0.15, -0.1) is 0 Å². The van der Waals surface area contributed by atoms with Crippen molar-refractivity contribution in [1.82, 2.24) is 0 Å². The lowest BCUT2D eigenvalue weighted by atomic mass is 10.1. The van der Waals surface area contributed by atoms with Gasteiger partial charge in [0, 0.05) is 11.8 Å². The number of anilines is 1. The van der Waals surface area contributed by atoms with Crippen LogP contribution in [0.25, 0.3) is 0 Å². The largest absolute Gasteiger partial charge is 1.00 e. The number of nitrogen functional groups attached to an aromatic ring is 1. The molecule has 0 aliphatic carbocycles. The van der Waals surface area contributed by atoms with Gasteiger partial charge in [-0.25, -0.2) is 0 Å². The summed E-state index contributed by atoms with van der Waals surface area (Å²) < 4.78 is 5.63. The maximum Gasteiger partial charge on any atom is 0.121 e. The lowest BCUT2D eigenvalue weighted by Gasteiger charge is -2.06. The fourth-order valence-electron chi connectivity index (χ4n) is 1.72. The van der Waals surface area contributed by atoms with Crippen molar-refractivity contribution in [2.75, 3.05) is 12.3 Å². The van der Waals surface area contributed by atoms with Crippen LogP contribution in [0.3, 0.4) is 0 Å². The minimum atomic E-state index is 0. The van der Waals surface area contributed by atoms with E-state index in [-0.39, 0.29) is 12.4 Å². The average molecular weight is 263 g/mol. The third-order valence-corrected chi connectivity index (χ3v) is 2.58. The van der Waals surface area contributed by atoms with E-state index in [1.54, 1.807) is 0 Å². The predicted octanol–water partition coefficient (Wildman–Crippen LogP) is 0.284. The number of hydrogen-bond acceptors (Lipinski definition) is 2. The van der Waals surface area contributed by atoms with Crippen LogP contribution in [-0.2, 0) is 6.42 Å². The Balaban J connectivity index is 0.00000162. The van der Waals surface area contributed by atoms with Gasteiger partial charge in [-0.3, -0.25) is 0 Å². The van der Waals surface area contributed by atoms with Crippen molar-refractivity contribution in [3.05, 3.63) is 60.2 Å². The van der Waals surface area contributed by atoms with Crippen molar-refractivity contribution in [2.24, 2.45) is 0 Å². The van der Waals surface area contributed by atoms with E-state index in [0.29, 0.717) is 0 Å². The second kappa shape index (κ2) is 7.62. The van der Waals surface area contributed by atoms with Crippen LogP contribution < -0.4 is 22.9 Å². The Morgan fingerprint density at radius 1 is 0.944 bits per heavy atom. The van der Waals surface area contributed by atoms with Gasteiger partial charge >= 0.3 is 0 Å². The van der Waals surface area contributed by atoms with Gasteiger partial charge in [0.15, 0.2) is 0 Å².